The van der Waals surface area contributed by atoms with Crippen molar-refractivity contribution in [2.75, 3.05) is 13.7 Å². The maximum atomic E-state index is 13.1. The number of nitrogens with zero attached hydrogens (tertiary/aromatic N) is 1. The van der Waals surface area contributed by atoms with Crippen LogP contribution >= 0.6 is 0 Å². The summed E-state index contributed by atoms with van der Waals surface area (Å²) in [7, 11) is -2.50. The van der Waals surface area contributed by atoms with Crippen molar-refractivity contribution in [3.8, 4) is 23.3 Å². The number of nitrogens with one attached hydrogen (secondary N) is 1. The Morgan fingerprint density at radius 2 is 1.69 bits per heavy atom. The monoisotopic (exact) mass is 546 g/mol. The topological polar surface area (TPSA) is 107 Å². The van der Waals surface area contributed by atoms with Crippen molar-refractivity contribution in [3.63, 3.8) is 0 Å². The van der Waals surface area contributed by atoms with Gasteiger partial charge in [-0.3, -0.25) is 4.79 Å². The van der Waals surface area contributed by atoms with Crippen molar-refractivity contribution in [1.82, 2.24) is 9.29 Å². The lowest BCUT2D eigenvalue weighted by Crippen LogP contribution is -2.42. The fourth-order valence-electron chi connectivity index (χ4n) is 4.42. The molecule has 0 radical (unpaired) electrons. The third-order valence-corrected chi connectivity index (χ3v) is 7.97. The smallest absolute Gasteiger partial charge is 0.322 e. The molecule has 0 spiro atoms. The van der Waals surface area contributed by atoms with E-state index in [2.05, 4.69) is 21.1 Å². The normalized spacial score (nSPS) is 12.0. The van der Waals surface area contributed by atoms with Gasteiger partial charge >= 0.3 is 5.97 Å². The number of ether oxygens (including phenoxy) is 2. The Morgan fingerprint density at radius 1 is 1.03 bits per heavy atom. The summed E-state index contributed by atoms with van der Waals surface area (Å²) < 4.78 is 41.4. The average Bonchev–Trinajstić information content (AvgIpc) is 3.19. The first-order valence-corrected chi connectivity index (χ1v) is 13.8. The van der Waals surface area contributed by atoms with Crippen LogP contribution in [0.25, 0.3) is 10.9 Å². The summed E-state index contributed by atoms with van der Waals surface area (Å²) in [5.41, 5.74) is 3.64. The molecule has 1 atom stereocenters. The standard InChI is InChI=1S/C30H30N2O6S/c1-4-5-18-38-24-14-16-25(17-15-24)39(35,36)31-28(30(33)34)19-27-21(2)32(29-9-7-6-8-26(27)29)20-22-10-12-23(37-3)13-11-22/h6-17,28,31H,18-20H2,1-3H3,(H,33,34). The molecule has 0 fully saturated rings. The first kappa shape index (κ1) is 27.8. The number of methoxy groups -OCH3 is 1. The van der Waals surface area contributed by atoms with Gasteiger partial charge in [0.25, 0.3) is 0 Å². The molecule has 0 bridgehead atoms. The molecule has 1 heterocycles. The van der Waals surface area contributed by atoms with Crippen LogP contribution < -0.4 is 14.2 Å². The van der Waals surface area contributed by atoms with Crippen molar-refractivity contribution < 1.29 is 27.8 Å². The van der Waals surface area contributed by atoms with Crippen molar-refractivity contribution >= 4 is 26.9 Å². The van der Waals surface area contributed by atoms with Crippen LogP contribution in [0.3, 0.4) is 0 Å². The zero-order valence-corrected chi connectivity index (χ0v) is 22.8. The fourth-order valence-corrected chi connectivity index (χ4v) is 5.61. The van der Waals surface area contributed by atoms with Crippen molar-refractivity contribution in [2.24, 2.45) is 0 Å². The summed E-state index contributed by atoms with van der Waals surface area (Å²) in [4.78, 5) is 12.2. The minimum Gasteiger partial charge on any atom is -0.497 e. The minimum absolute atomic E-state index is 0.0204. The second kappa shape index (κ2) is 12.1. The highest BCUT2D eigenvalue weighted by Crippen LogP contribution is 2.29. The van der Waals surface area contributed by atoms with Gasteiger partial charge in [-0.15, -0.1) is 5.92 Å². The molecule has 4 aromatic rings. The predicted octanol–water partition coefficient (Wildman–Crippen LogP) is 4.38. The van der Waals surface area contributed by atoms with E-state index < -0.39 is 22.0 Å². The summed E-state index contributed by atoms with van der Waals surface area (Å²) >= 11 is 0. The van der Waals surface area contributed by atoms with E-state index in [1.54, 1.807) is 14.0 Å². The number of aliphatic carboxylic acids is 1. The zero-order chi connectivity index (χ0) is 28.0. The molecule has 1 aromatic heterocycles. The van der Waals surface area contributed by atoms with Crippen LogP contribution in [0.5, 0.6) is 11.5 Å². The molecule has 0 saturated heterocycles. The second-order valence-corrected chi connectivity index (χ2v) is 10.6. The van der Waals surface area contributed by atoms with E-state index >= 15 is 0 Å². The number of sulfonamides is 1. The maximum Gasteiger partial charge on any atom is 0.322 e. The predicted molar refractivity (Wildman–Crippen MR) is 150 cm³/mol. The lowest BCUT2D eigenvalue weighted by atomic mass is 10.0. The first-order valence-electron chi connectivity index (χ1n) is 12.3. The maximum absolute atomic E-state index is 13.1. The Kier molecular flexibility index (Phi) is 8.59. The van der Waals surface area contributed by atoms with Crippen LogP contribution in [-0.4, -0.2) is 43.8 Å². The molecular weight excluding hydrogens is 516 g/mol. The number of hydrogen-bond acceptors (Lipinski definition) is 5. The van der Waals surface area contributed by atoms with Crippen LogP contribution in [0, 0.1) is 18.8 Å². The van der Waals surface area contributed by atoms with E-state index in [9.17, 15) is 18.3 Å². The summed E-state index contributed by atoms with van der Waals surface area (Å²) in [6.07, 6.45) is -0.0204. The third-order valence-electron chi connectivity index (χ3n) is 6.49. The number of fused-ring (bicyclic) bond motifs is 1. The SMILES string of the molecule is CC#CCOc1ccc(S(=O)(=O)NC(Cc2c(C)n(Cc3ccc(OC)cc3)c3ccccc23)C(=O)O)cc1. The molecule has 1 unspecified atom stereocenters. The highest BCUT2D eigenvalue weighted by atomic mass is 32.2. The Bertz CT molecular complexity index is 1630. The first-order chi connectivity index (χ1) is 18.7. The van der Waals surface area contributed by atoms with Gasteiger partial charge in [-0.05, 0) is 67.4 Å². The Balaban J connectivity index is 1.60. The molecule has 4 rings (SSSR count). The van der Waals surface area contributed by atoms with Crippen molar-refractivity contribution in [3.05, 3.63) is 89.6 Å². The molecule has 9 heteroatoms. The number of hydrogen-bond donors (Lipinski definition) is 2. The molecule has 39 heavy (non-hydrogen) atoms. The number of aromatic nitrogens is 1. The zero-order valence-electron chi connectivity index (χ0n) is 22.0. The van der Waals surface area contributed by atoms with Gasteiger partial charge in [0.05, 0.1) is 12.0 Å². The largest absolute Gasteiger partial charge is 0.497 e. The van der Waals surface area contributed by atoms with E-state index in [0.29, 0.717) is 12.3 Å². The molecule has 2 N–H and O–H groups in total. The third kappa shape index (κ3) is 6.42. The fraction of sp³-hybridized carbons (Fsp3) is 0.233. The summed E-state index contributed by atoms with van der Waals surface area (Å²) in [5, 5.41) is 10.9. The van der Waals surface area contributed by atoms with Gasteiger partial charge in [0, 0.05) is 29.6 Å². The van der Waals surface area contributed by atoms with E-state index in [4.69, 9.17) is 9.47 Å². The molecule has 3 aromatic carbocycles. The van der Waals surface area contributed by atoms with Gasteiger partial charge in [-0.2, -0.15) is 4.72 Å². The van der Waals surface area contributed by atoms with Crippen LogP contribution in [0.1, 0.15) is 23.7 Å². The summed E-state index contributed by atoms with van der Waals surface area (Å²) in [6.45, 7) is 4.38. The molecule has 202 valence electrons. The minimum atomic E-state index is -4.11. The van der Waals surface area contributed by atoms with E-state index in [0.717, 1.165) is 33.5 Å². The number of carbonyl (C=O) groups is 1. The van der Waals surface area contributed by atoms with E-state index in [1.165, 1.54) is 24.3 Å². The Hall–Kier alpha value is -4.26. The molecule has 0 aliphatic rings. The van der Waals surface area contributed by atoms with Crippen LogP contribution in [-0.2, 0) is 27.8 Å². The Labute approximate surface area is 228 Å². The van der Waals surface area contributed by atoms with Gasteiger partial charge < -0.3 is 19.1 Å². The van der Waals surface area contributed by atoms with Crippen molar-refractivity contribution in [2.45, 2.75) is 37.8 Å². The van der Waals surface area contributed by atoms with E-state index in [1.807, 2.05) is 55.5 Å². The van der Waals surface area contributed by atoms with Crippen molar-refractivity contribution in [1.29, 1.82) is 0 Å². The molecule has 0 aliphatic carbocycles. The average molecular weight is 547 g/mol. The number of para-hydroxylation sites is 1. The number of carboxylic acids is 1. The molecular formula is C30H30N2O6S. The van der Waals surface area contributed by atoms with Gasteiger partial charge in [-0.25, -0.2) is 8.42 Å². The second-order valence-electron chi connectivity index (χ2n) is 8.92. The molecule has 0 aliphatic heterocycles. The highest BCUT2D eigenvalue weighted by Gasteiger charge is 2.28. The highest BCUT2D eigenvalue weighted by molar-refractivity contribution is 7.89. The molecule has 0 amide bonds. The molecule has 8 nitrogen and oxygen atoms in total. The van der Waals surface area contributed by atoms with Gasteiger partial charge in [-0.1, -0.05) is 36.3 Å². The Morgan fingerprint density at radius 3 is 2.33 bits per heavy atom. The van der Waals surface area contributed by atoms with Gasteiger partial charge in [0.1, 0.15) is 24.1 Å². The van der Waals surface area contributed by atoms with Gasteiger partial charge in [0.15, 0.2) is 0 Å². The summed E-state index contributed by atoms with van der Waals surface area (Å²) in [6, 6.07) is 19.9. The van der Waals surface area contributed by atoms with Crippen LogP contribution in [0.2, 0.25) is 0 Å². The van der Waals surface area contributed by atoms with Gasteiger partial charge in [0.2, 0.25) is 10.0 Å². The number of rotatable bonds is 11. The lowest BCUT2D eigenvalue weighted by molar-refractivity contribution is -0.138. The van der Waals surface area contributed by atoms with Crippen LogP contribution in [0.4, 0.5) is 0 Å². The number of carboxylic acid groups (broad SMARTS) is 1. The number of benzene rings is 3. The van der Waals surface area contributed by atoms with E-state index in [-0.39, 0.29) is 17.9 Å². The quantitative estimate of drug-likeness (QED) is 0.271. The molecule has 0 saturated carbocycles. The van der Waals surface area contributed by atoms with Crippen LogP contribution in [0.15, 0.2) is 77.7 Å². The lowest BCUT2D eigenvalue weighted by Gasteiger charge is -2.16. The summed E-state index contributed by atoms with van der Waals surface area (Å²) in [5.74, 6) is 5.45.